The van der Waals surface area contributed by atoms with Crippen molar-refractivity contribution in [2.45, 2.75) is 116 Å². The average molecular weight is 818 g/mol. The summed E-state index contributed by atoms with van der Waals surface area (Å²) < 4.78 is 45.8. The SMILES string of the molecule is CC.CC1(C)C(=O)N(c2ccc(C#N)c(C(F)(F)F)c2)C(=S)N1C1CCCCC1.C[C@@H]1CN(CCO)CCN1CCCOc1cc(C2CCC(=O)NC2=O)ccn1.[HH]. The molecule has 1 aliphatic carbocycles. The van der Waals surface area contributed by atoms with Gasteiger partial charge < -0.3 is 14.7 Å². The first-order chi connectivity index (χ1) is 27.1. The first-order valence-electron chi connectivity index (χ1n) is 19.9. The quantitative estimate of drug-likeness (QED) is 0.159. The van der Waals surface area contributed by atoms with Gasteiger partial charge in [0.25, 0.3) is 5.91 Å². The van der Waals surface area contributed by atoms with Gasteiger partial charge in [-0.25, -0.2) is 4.98 Å². The second-order valence-corrected chi connectivity index (χ2v) is 15.4. The Hall–Kier alpha value is -4.17. The fourth-order valence-corrected chi connectivity index (χ4v) is 8.48. The first-order valence-corrected chi connectivity index (χ1v) is 20.4. The summed E-state index contributed by atoms with van der Waals surface area (Å²) in [6.45, 7) is 15.2. The van der Waals surface area contributed by atoms with E-state index in [-0.39, 0.29) is 48.5 Å². The highest BCUT2D eigenvalue weighted by molar-refractivity contribution is 7.80. The molecular formula is C41H58F3N7O5S. The van der Waals surface area contributed by atoms with E-state index in [1.165, 1.54) is 11.0 Å². The number of carbonyl (C=O) groups excluding carboxylic acids is 3. The van der Waals surface area contributed by atoms with Crippen LogP contribution in [0.4, 0.5) is 18.9 Å². The van der Waals surface area contributed by atoms with Gasteiger partial charge in [-0.2, -0.15) is 18.4 Å². The van der Waals surface area contributed by atoms with Gasteiger partial charge >= 0.3 is 6.18 Å². The maximum Gasteiger partial charge on any atom is 0.417 e. The Kier molecular flexibility index (Phi) is 16.4. The molecule has 16 heteroatoms. The Labute approximate surface area is 340 Å². The number of nitriles is 1. The highest BCUT2D eigenvalue weighted by Gasteiger charge is 2.52. The third-order valence-electron chi connectivity index (χ3n) is 10.9. The van der Waals surface area contributed by atoms with Crippen LogP contribution in [0.15, 0.2) is 36.5 Å². The average Bonchev–Trinajstić information content (AvgIpc) is 3.36. The lowest BCUT2D eigenvalue weighted by Crippen LogP contribution is -2.52. The Morgan fingerprint density at radius 3 is 2.42 bits per heavy atom. The number of ether oxygens (including phenoxy) is 1. The van der Waals surface area contributed by atoms with Crippen LogP contribution in [0.2, 0.25) is 0 Å². The number of β-amino-alcohol motifs (C(OH)–C–C–N with tert-alkyl or cyclic N) is 1. The van der Waals surface area contributed by atoms with Crippen LogP contribution in [0.25, 0.3) is 0 Å². The zero-order valence-corrected chi connectivity index (χ0v) is 34.4. The summed E-state index contributed by atoms with van der Waals surface area (Å²) >= 11 is 5.53. The summed E-state index contributed by atoms with van der Waals surface area (Å²) in [5.74, 6) is -0.612. The fourth-order valence-electron chi connectivity index (χ4n) is 7.92. The molecule has 314 valence electrons. The molecule has 6 rings (SSSR count). The highest BCUT2D eigenvalue weighted by Crippen LogP contribution is 2.40. The van der Waals surface area contributed by atoms with Gasteiger partial charge in [0.2, 0.25) is 17.7 Å². The van der Waals surface area contributed by atoms with Gasteiger partial charge in [0.15, 0.2) is 5.11 Å². The predicted octanol–water partition coefficient (Wildman–Crippen LogP) is 6.26. The lowest BCUT2D eigenvalue weighted by atomic mass is 9.91. The van der Waals surface area contributed by atoms with Gasteiger partial charge in [-0.1, -0.05) is 33.1 Å². The minimum atomic E-state index is -4.69. The molecule has 1 saturated carbocycles. The number of aromatic nitrogens is 1. The maximum atomic E-state index is 13.3. The number of hydrogen-bond acceptors (Lipinski definition) is 10. The number of halogens is 3. The molecule has 0 bridgehead atoms. The second-order valence-electron chi connectivity index (χ2n) is 15.0. The van der Waals surface area contributed by atoms with Gasteiger partial charge in [0, 0.05) is 64.9 Å². The summed E-state index contributed by atoms with van der Waals surface area (Å²) in [6, 6.07) is 9.00. The number of pyridine rings is 1. The number of nitrogens with zero attached hydrogens (tertiary/aromatic N) is 6. The monoisotopic (exact) mass is 817 g/mol. The molecule has 1 aromatic carbocycles. The number of anilines is 1. The standard InChI is InChI=1S/C20H30N4O4.C19H20F3N3OS.C2H6.H2/c1-15-14-23(10-11-25)8-9-24(15)7-2-12-28-19-13-16(5-6-21-19)17-3-4-18(26)22-20(17)27;1-18(2)16(26)24(17(27)25(18)13-6-4-3-5-7-13)14-9-8-12(11-23)15(10-14)19(20,21)22;1-2;/h5-6,13,15,17,25H,2-4,7-12,14H2,1H3,(H,22,26,27);8-10,13H,3-7H2,1-2H3;1-2H3;1H/t15-,17?;;;/m1.../s1. The van der Waals surface area contributed by atoms with Crippen molar-refractivity contribution in [3.05, 3.63) is 53.2 Å². The van der Waals surface area contributed by atoms with Crippen molar-refractivity contribution < 1.29 is 38.8 Å². The van der Waals surface area contributed by atoms with E-state index in [4.69, 9.17) is 27.3 Å². The number of carbonyl (C=O) groups is 3. The topological polar surface area (TPSA) is 142 Å². The van der Waals surface area contributed by atoms with Gasteiger partial charge in [0.1, 0.15) is 5.54 Å². The highest BCUT2D eigenvalue weighted by atomic mass is 32.1. The molecule has 2 aromatic rings. The van der Waals surface area contributed by atoms with Crippen LogP contribution in [0, 0.1) is 11.3 Å². The molecule has 4 fully saturated rings. The van der Waals surface area contributed by atoms with E-state index in [0.717, 1.165) is 88.9 Å². The molecule has 0 radical (unpaired) electrons. The van der Waals surface area contributed by atoms with E-state index >= 15 is 0 Å². The van der Waals surface area contributed by atoms with Gasteiger partial charge in [0.05, 0.1) is 42.0 Å². The molecule has 3 aliphatic heterocycles. The van der Waals surface area contributed by atoms with Crippen LogP contribution >= 0.6 is 12.2 Å². The van der Waals surface area contributed by atoms with Crippen LogP contribution in [0.1, 0.15) is 110 Å². The van der Waals surface area contributed by atoms with Crippen LogP contribution in [0.5, 0.6) is 5.88 Å². The number of aliphatic hydroxyl groups excluding tert-OH is 1. The minimum Gasteiger partial charge on any atom is -0.478 e. The number of imide groups is 1. The first kappa shape index (κ1) is 45.5. The number of amides is 3. The van der Waals surface area contributed by atoms with Gasteiger partial charge in [-0.3, -0.25) is 34.4 Å². The van der Waals surface area contributed by atoms with Gasteiger partial charge in [-0.15, -0.1) is 0 Å². The van der Waals surface area contributed by atoms with E-state index < -0.39 is 22.8 Å². The maximum absolute atomic E-state index is 13.3. The molecule has 1 unspecified atom stereocenters. The number of thiocarbonyl (C=S) groups is 1. The lowest BCUT2D eigenvalue weighted by Gasteiger charge is -2.39. The van der Waals surface area contributed by atoms with Gasteiger partial charge in [-0.05, 0) is 88.5 Å². The Morgan fingerprint density at radius 2 is 1.79 bits per heavy atom. The molecule has 57 heavy (non-hydrogen) atoms. The van der Waals surface area contributed by atoms with Crippen LogP contribution < -0.4 is 15.0 Å². The van der Waals surface area contributed by atoms with Crippen molar-refractivity contribution in [1.82, 2.24) is 25.0 Å². The number of rotatable bonds is 10. The molecule has 12 nitrogen and oxygen atoms in total. The van der Waals surface area contributed by atoms with E-state index in [1.807, 2.05) is 18.7 Å². The normalized spacial score (nSPS) is 21.9. The molecule has 2 atom stereocenters. The molecule has 3 saturated heterocycles. The number of benzene rings is 1. The summed E-state index contributed by atoms with van der Waals surface area (Å²) in [6.07, 6.45) is 3.78. The Balaban J connectivity index is 0.000000293. The summed E-state index contributed by atoms with van der Waals surface area (Å²) in [4.78, 5) is 48.4. The van der Waals surface area contributed by atoms with Crippen molar-refractivity contribution in [3.8, 4) is 11.9 Å². The number of aliphatic hydroxyl groups is 1. The van der Waals surface area contributed by atoms with E-state index in [0.29, 0.717) is 31.4 Å². The third kappa shape index (κ3) is 11.3. The zero-order chi connectivity index (χ0) is 41.9. The fraction of sp³-hybridized carbons (Fsp3) is 0.610. The number of piperazine rings is 1. The van der Waals surface area contributed by atoms with Crippen molar-refractivity contribution >= 4 is 40.7 Å². The molecule has 3 amide bonds. The van der Waals surface area contributed by atoms with Crippen LogP contribution in [-0.4, -0.2) is 111 Å². The minimum absolute atomic E-state index is 0. The van der Waals surface area contributed by atoms with E-state index in [2.05, 4.69) is 27.0 Å². The third-order valence-corrected chi connectivity index (χ3v) is 11.2. The molecule has 1 aromatic heterocycles. The number of nitrogens with one attached hydrogen (secondary N) is 1. The number of piperidine rings is 1. The van der Waals surface area contributed by atoms with Crippen molar-refractivity contribution in [2.75, 3.05) is 50.8 Å². The smallest absolute Gasteiger partial charge is 0.417 e. The largest absolute Gasteiger partial charge is 0.478 e. The second kappa shape index (κ2) is 20.5. The van der Waals surface area contributed by atoms with Crippen molar-refractivity contribution in [2.24, 2.45) is 0 Å². The van der Waals surface area contributed by atoms with Crippen molar-refractivity contribution in [1.29, 1.82) is 5.26 Å². The summed E-state index contributed by atoms with van der Waals surface area (Å²) in [5, 5.41) is 20.7. The Bertz CT molecular complexity index is 1770. The van der Waals surface area contributed by atoms with Crippen molar-refractivity contribution in [3.63, 3.8) is 0 Å². The number of alkyl halides is 3. The number of hydrogen-bond donors (Lipinski definition) is 2. The summed E-state index contributed by atoms with van der Waals surface area (Å²) in [7, 11) is 0. The predicted molar refractivity (Wildman–Crippen MR) is 217 cm³/mol. The zero-order valence-electron chi connectivity index (χ0n) is 33.6. The molecule has 4 aliphatic rings. The summed E-state index contributed by atoms with van der Waals surface area (Å²) in [5.41, 5.74) is -1.59. The van der Waals surface area contributed by atoms with E-state index in [1.54, 1.807) is 38.2 Å². The van der Waals surface area contributed by atoms with E-state index in [9.17, 15) is 27.6 Å². The molecular weight excluding hydrogens is 760 g/mol. The lowest BCUT2D eigenvalue weighted by molar-refractivity contribution is -0.138. The molecule has 0 spiro atoms. The van der Waals surface area contributed by atoms with Crippen LogP contribution in [0.3, 0.4) is 0 Å². The molecule has 2 N–H and O–H groups in total. The molecule has 4 heterocycles. The van der Waals surface area contributed by atoms with Crippen LogP contribution in [-0.2, 0) is 20.6 Å². The Morgan fingerprint density at radius 1 is 1.07 bits per heavy atom.